The van der Waals surface area contributed by atoms with Crippen molar-refractivity contribution in [1.29, 1.82) is 0 Å². The molecule has 1 aliphatic rings. The van der Waals surface area contributed by atoms with Crippen LogP contribution in [0.25, 0.3) is 77.4 Å². The molecule has 48 heavy (non-hydrogen) atoms. The zero-order valence-electron chi connectivity index (χ0n) is 27.5. The molecule has 8 aromatic rings. The average Bonchev–Trinajstić information content (AvgIpc) is 3.36. The number of hydrogen-bond acceptors (Lipinski definition) is 1. The highest BCUT2D eigenvalue weighted by Gasteiger charge is 2.35. The van der Waals surface area contributed by atoms with Crippen molar-refractivity contribution in [1.82, 2.24) is 4.98 Å². The monoisotopic (exact) mass is 613 g/mol. The Balaban J connectivity index is 1.35. The topological polar surface area (TPSA) is 12.9 Å². The third-order valence-electron chi connectivity index (χ3n) is 10.3. The molecule has 228 valence electrons. The van der Waals surface area contributed by atoms with Crippen molar-refractivity contribution in [3.63, 3.8) is 0 Å². The Morgan fingerprint density at radius 3 is 1.60 bits per heavy atom. The van der Waals surface area contributed by atoms with E-state index < -0.39 is 0 Å². The highest BCUT2D eigenvalue weighted by atomic mass is 14.7. The molecule has 0 fully saturated rings. The fraction of sp³-hybridized carbons (Fsp3) is 0.0851. The van der Waals surface area contributed by atoms with E-state index in [1.54, 1.807) is 0 Å². The Morgan fingerprint density at radius 2 is 0.938 bits per heavy atom. The highest BCUT2D eigenvalue weighted by molar-refractivity contribution is 6.22. The first-order valence-corrected chi connectivity index (χ1v) is 16.8. The molecule has 0 saturated carbocycles. The largest absolute Gasteiger partial charge is 0.248 e. The van der Waals surface area contributed by atoms with Crippen LogP contribution in [0.5, 0.6) is 0 Å². The zero-order valence-corrected chi connectivity index (χ0v) is 27.5. The second kappa shape index (κ2) is 10.9. The van der Waals surface area contributed by atoms with E-state index in [0.717, 1.165) is 22.5 Å². The SMILES string of the molecule is Cc1ccc2c(-c3cc(-c4ccccc4)nc(-c4ccccc4)c3)c3ccccc3c(-c3ccc4c(c3)-c3ccccc3C4(C)C)c2c1. The summed E-state index contributed by atoms with van der Waals surface area (Å²) < 4.78 is 0. The summed E-state index contributed by atoms with van der Waals surface area (Å²) in [6.45, 7) is 6.90. The third kappa shape index (κ3) is 4.42. The van der Waals surface area contributed by atoms with Crippen LogP contribution >= 0.6 is 0 Å². The van der Waals surface area contributed by atoms with Gasteiger partial charge in [-0.3, -0.25) is 0 Å². The Bertz CT molecular complexity index is 2470. The van der Waals surface area contributed by atoms with Crippen molar-refractivity contribution in [2.24, 2.45) is 0 Å². The molecule has 0 atom stereocenters. The number of benzene rings is 7. The normalized spacial score (nSPS) is 13.1. The maximum absolute atomic E-state index is 5.20. The number of rotatable bonds is 4. The summed E-state index contributed by atoms with van der Waals surface area (Å²) in [6.07, 6.45) is 0. The molecule has 0 amide bonds. The van der Waals surface area contributed by atoms with Crippen LogP contribution in [-0.2, 0) is 5.41 Å². The van der Waals surface area contributed by atoms with Crippen LogP contribution < -0.4 is 0 Å². The standard InChI is InChI=1S/C47H35N/c1-30-22-24-38-40(26-30)45(33-23-25-42-39(27-33)35-18-12-13-21-41(35)47(42,2)3)36-19-10-11-20-37(36)46(38)34-28-43(31-14-6-4-7-15-31)48-44(29-34)32-16-8-5-9-17-32/h4-29H,1-3H3. The number of pyridine rings is 1. The molecule has 1 nitrogen and oxygen atoms in total. The molecule has 1 heteroatoms. The molecule has 0 bridgehead atoms. The lowest BCUT2D eigenvalue weighted by atomic mass is 9.81. The summed E-state index contributed by atoms with van der Waals surface area (Å²) in [4.78, 5) is 5.20. The van der Waals surface area contributed by atoms with Gasteiger partial charge in [0.25, 0.3) is 0 Å². The van der Waals surface area contributed by atoms with Gasteiger partial charge in [-0.2, -0.15) is 0 Å². The maximum Gasteiger partial charge on any atom is 0.0715 e. The Morgan fingerprint density at radius 1 is 0.396 bits per heavy atom. The number of hydrogen-bond donors (Lipinski definition) is 0. The summed E-state index contributed by atoms with van der Waals surface area (Å²) >= 11 is 0. The van der Waals surface area contributed by atoms with Gasteiger partial charge in [0.05, 0.1) is 11.4 Å². The van der Waals surface area contributed by atoms with Gasteiger partial charge in [-0.15, -0.1) is 0 Å². The minimum Gasteiger partial charge on any atom is -0.248 e. The van der Waals surface area contributed by atoms with E-state index in [0.29, 0.717) is 0 Å². The molecule has 1 aromatic heterocycles. The molecule has 1 heterocycles. The zero-order chi connectivity index (χ0) is 32.4. The lowest BCUT2D eigenvalue weighted by molar-refractivity contribution is 0.660. The maximum atomic E-state index is 5.20. The highest BCUT2D eigenvalue weighted by Crippen LogP contribution is 2.51. The second-order valence-corrected chi connectivity index (χ2v) is 13.6. The number of aromatic nitrogens is 1. The average molecular weight is 614 g/mol. The lowest BCUT2D eigenvalue weighted by Crippen LogP contribution is -2.14. The Labute approximate surface area is 282 Å². The number of aryl methyl sites for hydroxylation is 1. The van der Waals surface area contributed by atoms with Gasteiger partial charge in [-0.1, -0.05) is 159 Å². The van der Waals surface area contributed by atoms with Crippen molar-refractivity contribution < 1.29 is 0 Å². The molecule has 0 saturated heterocycles. The fourth-order valence-electron chi connectivity index (χ4n) is 7.98. The predicted octanol–water partition coefficient (Wildman–Crippen LogP) is 12.7. The molecular weight excluding hydrogens is 579 g/mol. The van der Waals surface area contributed by atoms with Gasteiger partial charge < -0.3 is 0 Å². The van der Waals surface area contributed by atoms with E-state index in [1.165, 1.54) is 71.6 Å². The van der Waals surface area contributed by atoms with Crippen molar-refractivity contribution in [3.05, 3.63) is 174 Å². The van der Waals surface area contributed by atoms with Crippen LogP contribution in [0.4, 0.5) is 0 Å². The molecule has 0 spiro atoms. The van der Waals surface area contributed by atoms with E-state index >= 15 is 0 Å². The summed E-state index contributed by atoms with van der Waals surface area (Å²) in [5.74, 6) is 0. The van der Waals surface area contributed by atoms with Gasteiger partial charge >= 0.3 is 0 Å². The fourth-order valence-corrected chi connectivity index (χ4v) is 7.98. The summed E-state index contributed by atoms with van der Waals surface area (Å²) in [7, 11) is 0. The van der Waals surface area contributed by atoms with Gasteiger partial charge in [0.15, 0.2) is 0 Å². The smallest absolute Gasteiger partial charge is 0.0715 e. The van der Waals surface area contributed by atoms with E-state index in [2.05, 4.69) is 178 Å². The molecular formula is C47H35N. The van der Waals surface area contributed by atoms with Crippen molar-refractivity contribution >= 4 is 21.5 Å². The van der Waals surface area contributed by atoms with Crippen LogP contribution in [0, 0.1) is 6.92 Å². The number of nitrogens with zero attached hydrogens (tertiary/aromatic N) is 1. The minimum atomic E-state index is -0.0245. The quantitative estimate of drug-likeness (QED) is 0.180. The van der Waals surface area contributed by atoms with Crippen molar-refractivity contribution in [2.75, 3.05) is 0 Å². The molecule has 0 aliphatic heterocycles. The molecule has 0 N–H and O–H groups in total. The molecule has 0 radical (unpaired) electrons. The van der Waals surface area contributed by atoms with Gasteiger partial charge in [0.2, 0.25) is 0 Å². The lowest BCUT2D eigenvalue weighted by Gasteiger charge is -2.22. The van der Waals surface area contributed by atoms with Gasteiger partial charge in [0, 0.05) is 16.5 Å². The summed E-state index contributed by atoms with van der Waals surface area (Å²) in [5, 5.41) is 5.03. The summed E-state index contributed by atoms with van der Waals surface area (Å²) in [6, 6.07) is 57.6. The van der Waals surface area contributed by atoms with Crippen LogP contribution in [0.2, 0.25) is 0 Å². The van der Waals surface area contributed by atoms with Crippen LogP contribution in [0.15, 0.2) is 158 Å². The van der Waals surface area contributed by atoms with Crippen molar-refractivity contribution in [2.45, 2.75) is 26.2 Å². The van der Waals surface area contributed by atoms with E-state index in [9.17, 15) is 0 Å². The summed E-state index contributed by atoms with van der Waals surface area (Å²) in [5.41, 5.74) is 15.8. The van der Waals surface area contributed by atoms with Crippen molar-refractivity contribution in [3.8, 4) is 55.9 Å². The Hall–Kier alpha value is -5.79. The van der Waals surface area contributed by atoms with Gasteiger partial charge in [-0.25, -0.2) is 4.98 Å². The van der Waals surface area contributed by atoms with E-state index in [-0.39, 0.29) is 5.41 Å². The van der Waals surface area contributed by atoms with E-state index in [4.69, 9.17) is 4.98 Å². The van der Waals surface area contributed by atoms with Crippen LogP contribution in [-0.4, -0.2) is 4.98 Å². The minimum absolute atomic E-state index is 0.0245. The molecule has 0 unspecified atom stereocenters. The van der Waals surface area contributed by atoms with Crippen LogP contribution in [0.3, 0.4) is 0 Å². The first-order valence-electron chi connectivity index (χ1n) is 16.8. The van der Waals surface area contributed by atoms with Gasteiger partial charge in [0.1, 0.15) is 0 Å². The first-order chi connectivity index (χ1) is 23.5. The molecule has 1 aliphatic carbocycles. The second-order valence-electron chi connectivity index (χ2n) is 13.6. The predicted molar refractivity (Wildman–Crippen MR) is 203 cm³/mol. The number of fused-ring (bicyclic) bond motifs is 5. The van der Waals surface area contributed by atoms with Crippen LogP contribution in [0.1, 0.15) is 30.5 Å². The Kier molecular flexibility index (Phi) is 6.45. The van der Waals surface area contributed by atoms with E-state index in [1.807, 2.05) is 0 Å². The molecule has 9 rings (SSSR count). The molecule has 7 aromatic carbocycles. The first kappa shape index (κ1) is 28.4. The third-order valence-corrected chi connectivity index (χ3v) is 10.3. The van der Waals surface area contributed by atoms with Gasteiger partial charge in [-0.05, 0) is 91.2 Å².